The molecule has 0 fully saturated rings. The second-order valence-electron chi connectivity index (χ2n) is 11.0. The molecule has 3 aromatic heterocycles. The highest BCUT2D eigenvalue weighted by Crippen LogP contribution is 2.38. The number of aryl methyl sites for hydroxylation is 2. The molecule has 0 radical (unpaired) electrons. The molecule has 3 heterocycles. The Morgan fingerprint density at radius 1 is 0.489 bits per heavy atom. The highest BCUT2D eigenvalue weighted by molar-refractivity contribution is 6.40. The van der Waals surface area contributed by atoms with Crippen LogP contribution in [-0.4, -0.2) is 29.7 Å². The summed E-state index contributed by atoms with van der Waals surface area (Å²) in [5.41, 5.74) is 6.57. The van der Waals surface area contributed by atoms with Crippen LogP contribution in [0, 0.1) is 13.8 Å². The van der Waals surface area contributed by atoms with Gasteiger partial charge >= 0.3 is 15.1 Å². The lowest BCUT2D eigenvalue weighted by molar-refractivity contribution is 0.311. The number of para-hydroxylation sites is 4. The Bertz CT molecular complexity index is 2270. The van der Waals surface area contributed by atoms with E-state index in [0.717, 1.165) is 60.7 Å². The average Bonchev–Trinajstić information content (AvgIpc) is 3.41. The Labute approximate surface area is 265 Å². The molecule has 0 unspecified atom stereocenters. The van der Waals surface area contributed by atoms with Crippen LogP contribution in [0.5, 0.6) is 17.2 Å². The summed E-state index contributed by atoms with van der Waals surface area (Å²) in [6.07, 6.45) is 0. The van der Waals surface area contributed by atoms with Crippen molar-refractivity contribution >= 4 is 58.8 Å². The number of rotatable bonds is 7. The number of benzene rings is 5. The standard InChI is InChI=1S/C18H13NO.2C10H9NO.Al/c20-17-12-6-11-16-18(17)14-9-4-5-10-15(14)19(16)13-7-2-1-3-8-13;2*1-7-5-6-8-3-2-4-9(12)10(8)11-7;/h1-12,20H;2*2-6,12H,1H3;/q;;;+3/p-3. The smallest absolute Gasteiger partial charge is 0.577 e. The molecule has 0 N–H and O–H groups in total. The normalized spacial score (nSPS) is 11.3. The molecule has 0 atom stereocenters. The SMILES string of the molecule is Cc1ccc2cccc([O][Al]([O]c3cccc4ccc(C)nc34)[O]c3cccc4c3c3ccccc3n4-c3ccccc3)c2n1. The minimum atomic E-state index is -3.00. The lowest BCUT2D eigenvalue weighted by Crippen LogP contribution is -2.37. The van der Waals surface area contributed by atoms with Crippen molar-refractivity contribution in [2.75, 3.05) is 0 Å². The van der Waals surface area contributed by atoms with E-state index in [1.54, 1.807) is 0 Å². The zero-order valence-corrected chi connectivity index (χ0v) is 26.0. The molecule has 5 aromatic carbocycles. The monoisotopic (exact) mass is 601 g/mol. The molecule has 216 valence electrons. The number of hydrogen-bond donors (Lipinski definition) is 0. The quantitative estimate of drug-likeness (QED) is 0.171. The van der Waals surface area contributed by atoms with Gasteiger partial charge in [0.25, 0.3) is 0 Å². The van der Waals surface area contributed by atoms with Gasteiger partial charge in [0.15, 0.2) is 0 Å². The zero-order valence-electron chi connectivity index (χ0n) is 24.8. The molecule has 45 heavy (non-hydrogen) atoms. The molecule has 0 amide bonds. The number of pyridine rings is 2. The second kappa shape index (κ2) is 11.3. The van der Waals surface area contributed by atoms with Crippen LogP contribution in [0.15, 0.2) is 133 Å². The number of fused-ring (bicyclic) bond motifs is 5. The van der Waals surface area contributed by atoms with E-state index >= 15 is 0 Å². The fraction of sp³-hybridized carbons (Fsp3) is 0.0526. The van der Waals surface area contributed by atoms with Crippen molar-refractivity contribution in [1.82, 2.24) is 14.5 Å². The summed E-state index contributed by atoms with van der Waals surface area (Å²) in [6.45, 7) is 3.96. The molecule has 0 aliphatic rings. The van der Waals surface area contributed by atoms with Gasteiger partial charge in [-0.05, 0) is 68.4 Å². The maximum absolute atomic E-state index is 6.88. The summed E-state index contributed by atoms with van der Waals surface area (Å²) in [5, 5.41) is 4.06. The van der Waals surface area contributed by atoms with Crippen LogP contribution in [0.4, 0.5) is 0 Å². The topological polar surface area (TPSA) is 58.4 Å². The van der Waals surface area contributed by atoms with Gasteiger partial charge in [-0.3, -0.25) is 0 Å². The zero-order chi connectivity index (χ0) is 30.3. The van der Waals surface area contributed by atoms with Gasteiger partial charge in [0.2, 0.25) is 0 Å². The first-order chi connectivity index (χ1) is 22.1. The molecular weight excluding hydrogens is 573 g/mol. The van der Waals surface area contributed by atoms with Gasteiger partial charge in [-0.15, -0.1) is 0 Å². The van der Waals surface area contributed by atoms with Crippen LogP contribution in [0.1, 0.15) is 11.4 Å². The van der Waals surface area contributed by atoms with E-state index in [9.17, 15) is 0 Å². The molecule has 0 aliphatic carbocycles. The average molecular weight is 602 g/mol. The van der Waals surface area contributed by atoms with E-state index in [0.29, 0.717) is 17.2 Å². The van der Waals surface area contributed by atoms with Gasteiger partial charge in [-0.2, -0.15) is 0 Å². The minimum absolute atomic E-state index is 0.621. The number of nitrogens with zero attached hydrogens (tertiary/aromatic N) is 3. The molecule has 6 nitrogen and oxygen atoms in total. The van der Waals surface area contributed by atoms with Crippen molar-refractivity contribution in [3.63, 3.8) is 0 Å². The first kappa shape index (κ1) is 27.2. The van der Waals surface area contributed by atoms with Gasteiger partial charge in [0, 0.05) is 38.6 Å². The Morgan fingerprint density at radius 2 is 1.02 bits per heavy atom. The molecular formula is C38H28AlN3O3. The first-order valence-electron chi connectivity index (χ1n) is 14.9. The van der Waals surface area contributed by atoms with E-state index in [1.165, 1.54) is 0 Å². The second-order valence-corrected chi connectivity index (χ2v) is 12.3. The van der Waals surface area contributed by atoms with Crippen molar-refractivity contribution in [2.45, 2.75) is 13.8 Å². The predicted octanol–water partition coefficient (Wildman–Crippen LogP) is 9.02. The number of hydrogen-bond acceptors (Lipinski definition) is 5. The van der Waals surface area contributed by atoms with Gasteiger partial charge in [0.1, 0.15) is 22.5 Å². The Kier molecular flexibility index (Phi) is 6.83. The van der Waals surface area contributed by atoms with Crippen LogP contribution < -0.4 is 11.4 Å². The molecule has 0 spiro atoms. The Balaban J connectivity index is 1.29. The molecule has 0 aliphatic heterocycles. The summed E-state index contributed by atoms with van der Waals surface area (Å²) in [5.74, 6) is 1.94. The largest absolute Gasteiger partial charge is 1.20 e. The fourth-order valence-corrected chi connectivity index (χ4v) is 7.29. The van der Waals surface area contributed by atoms with E-state index in [4.69, 9.17) is 21.3 Å². The van der Waals surface area contributed by atoms with Crippen LogP contribution in [0.25, 0.3) is 49.3 Å². The van der Waals surface area contributed by atoms with Crippen molar-refractivity contribution in [2.24, 2.45) is 0 Å². The third-order valence-electron chi connectivity index (χ3n) is 7.99. The molecule has 0 saturated heterocycles. The summed E-state index contributed by atoms with van der Waals surface area (Å²) in [4.78, 5) is 9.60. The maximum atomic E-state index is 6.88. The van der Waals surface area contributed by atoms with Crippen LogP contribution in [0.3, 0.4) is 0 Å². The summed E-state index contributed by atoms with van der Waals surface area (Å²) in [6, 6.07) is 44.9. The van der Waals surface area contributed by atoms with Gasteiger partial charge in [0.05, 0.1) is 16.8 Å². The van der Waals surface area contributed by atoms with Crippen molar-refractivity contribution in [3.05, 3.63) is 145 Å². The fourth-order valence-electron chi connectivity index (χ4n) is 5.95. The van der Waals surface area contributed by atoms with E-state index in [2.05, 4.69) is 71.3 Å². The first-order valence-corrected chi connectivity index (χ1v) is 16.3. The van der Waals surface area contributed by atoms with Crippen molar-refractivity contribution in [3.8, 4) is 22.9 Å². The molecule has 7 heteroatoms. The summed E-state index contributed by atoms with van der Waals surface area (Å²) >= 11 is -3.00. The molecule has 0 saturated carbocycles. The highest BCUT2D eigenvalue weighted by Gasteiger charge is 2.46. The van der Waals surface area contributed by atoms with Gasteiger partial charge in [-0.25, -0.2) is 9.97 Å². The minimum Gasteiger partial charge on any atom is -0.577 e. The third kappa shape index (κ3) is 5.03. The van der Waals surface area contributed by atoms with Crippen molar-refractivity contribution < 1.29 is 11.4 Å². The Hall–Kier alpha value is -5.35. The summed E-state index contributed by atoms with van der Waals surface area (Å²) < 4.78 is 22.6. The van der Waals surface area contributed by atoms with Crippen LogP contribution in [-0.2, 0) is 0 Å². The number of aromatic nitrogens is 3. The van der Waals surface area contributed by atoms with E-state index in [1.807, 2.05) is 80.6 Å². The molecule has 8 aromatic rings. The van der Waals surface area contributed by atoms with Gasteiger partial charge in [-0.1, -0.05) is 78.9 Å². The molecule has 8 rings (SSSR count). The van der Waals surface area contributed by atoms with E-state index in [-0.39, 0.29) is 0 Å². The predicted molar refractivity (Wildman–Crippen MR) is 181 cm³/mol. The van der Waals surface area contributed by atoms with Crippen molar-refractivity contribution in [1.29, 1.82) is 0 Å². The van der Waals surface area contributed by atoms with E-state index < -0.39 is 15.1 Å². The third-order valence-corrected chi connectivity index (χ3v) is 9.33. The highest BCUT2D eigenvalue weighted by atomic mass is 27.3. The lowest BCUT2D eigenvalue weighted by atomic mass is 10.1. The van der Waals surface area contributed by atoms with Gasteiger partial charge < -0.3 is 15.9 Å². The van der Waals surface area contributed by atoms with Crippen LogP contribution in [0.2, 0.25) is 0 Å². The van der Waals surface area contributed by atoms with Crippen LogP contribution >= 0.6 is 0 Å². The maximum Gasteiger partial charge on any atom is 1.20 e. The summed E-state index contributed by atoms with van der Waals surface area (Å²) in [7, 11) is 0. The lowest BCUT2D eigenvalue weighted by Gasteiger charge is -2.19. The Morgan fingerprint density at radius 3 is 1.69 bits per heavy atom. The molecule has 0 bridgehead atoms.